The average Bonchev–Trinajstić information content (AvgIpc) is 3.61. The van der Waals surface area contributed by atoms with Gasteiger partial charge in [-0.05, 0) is 55.6 Å². The van der Waals surface area contributed by atoms with Crippen LogP contribution in [-0.4, -0.2) is 57.2 Å². The SMILES string of the molecule is O=c1ccn(CC(O)C(F)(F)F)c(=O)n1Cc1cc2nccc(-c3cc(Cl)cc4c3N(C3CCNC3)CCC4)c2s1. The first-order valence-electron chi connectivity index (χ1n) is 13.3. The van der Waals surface area contributed by atoms with E-state index in [9.17, 15) is 27.9 Å². The normalized spacial score (nSPS) is 18.2. The number of aryl methyl sites for hydroxylation is 1. The number of hydrogen-bond acceptors (Lipinski definition) is 7. The van der Waals surface area contributed by atoms with Crippen LogP contribution in [0.2, 0.25) is 5.02 Å². The first kappa shape index (κ1) is 28.0. The smallest absolute Gasteiger partial charge is 0.382 e. The van der Waals surface area contributed by atoms with Crippen molar-refractivity contribution in [2.75, 3.05) is 24.5 Å². The van der Waals surface area contributed by atoms with Crippen molar-refractivity contribution in [2.24, 2.45) is 0 Å². The number of nitrogens with one attached hydrogen (secondary N) is 1. The van der Waals surface area contributed by atoms with E-state index in [1.165, 1.54) is 22.6 Å². The number of alkyl halides is 3. The molecule has 2 aliphatic rings. The van der Waals surface area contributed by atoms with Crippen molar-refractivity contribution < 1.29 is 18.3 Å². The maximum atomic E-state index is 12.9. The summed E-state index contributed by atoms with van der Waals surface area (Å²) in [6.45, 7) is 1.69. The van der Waals surface area contributed by atoms with E-state index in [4.69, 9.17) is 11.6 Å². The molecule has 6 rings (SSSR count). The highest BCUT2D eigenvalue weighted by molar-refractivity contribution is 7.19. The van der Waals surface area contributed by atoms with Gasteiger partial charge in [-0.2, -0.15) is 13.2 Å². The van der Waals surface area contributed by atoms with Gasteiger partial charge in [-0.15, -0.1) is 11.3 Å². The number of fused-ring (bicyclic) bond motifs is 2. The number of pyridine rings is 1. The molecule has 0 spiro atoms. The number of aliphatic hydroxyl groups excluding tert-OH is 1. The van der Waals surface area contributed by atoms with E-state index in [1.54, 1.807) is 12.3 Å². The molecule has 41 heavy (non-hydrogen) atoms. The van der Waals surface area contributed by atoms with E-state index in [2.05, 4.69) is 15.2 Å². The van der Waals surface area contributed by atoms with Crippen LogP contribution in [0.4, 0.5) is 18.9 Å². The molecule has 2 N–H and O–H groups in total. The predicted molar refractivity (Wildman–Crippen MR) is 153 cm³/mol. The Labute approximate surface area is 241 Å². The second-order valence-electron chi connectivity index (χ2n) is 10.4. The van der Waals surface area contributed by atoms with Gasteiger partial charge in [-0.3, -0.25) is 18.9 Å². The molecule has 0 aliphatic carbocycles. The molecule has 216 valence electrons. The molecule has 5 heterocycles. The zero-order chi connectivity index (χ0) is 28.9. The summed E-state index contributed by atoms with van der Waals surface area (Å²) in [5.41, 5.74) is 3.40. The molecular weight excluding hydrogens is 579 g/mol. The number of nitrogens with zero attached hydrogens (tertiary/aromatic N) is 4. The van der Waals surface area contributed by atoms with Gasteiger partial charge in [0, 0.05) is 64.3 Å². The largest absolute Gasteiger partial charge is 0.416 e. The third-order valence-electron chi connectivity index (χ3n) is 7.72. The second-order valence-corrected chi connectivity index (χ2v) is 12.0. The van der Waals surface area contributed by atoms with E-state index in [0.717, 1.165) is 71.6 Å². The summed E-state index contributed by atoms with van der Waals surface area (Å²) in [4.78, 5) is 33.1. The lowest BCUT2D eigenvalue weighted by atomic mass is 9.92. The van der Waals surface area contributed by atoms with Crippen molar-refractivity contribution in [3.05, 3.63) is 79.0 Å². The van der Waals surface area contributed by atoms with Crippen molar-refractivity contribution in [3.63, 3.8) is 0 Å². The van der Waals surface area contributed by atoms with Gasteiger partial charge in [0.1, 0.15) is 0 Å². The van der Waals surface area contributed by atoms with Crippen molar-refractivity contribution >= 4 is 38.8 Å². The number of aromatic nitrogens is 3. The minimum atomic E-state index is -4.89. The Morgan fingerprint density at radius 1 is 1.20 bits per heavy atom. The zero-order valence-electron chi connectivity index (χ0n) is 21.8. The molecule has 2 unspecified atom stereocenters. The molecule has 0 radical (unpaired) electrons. The van der Waals surface area contributed by atoms with Crippen LogP contribution < -0.4 is 21.5 Å². The van der Waals surface area contributed by atoms with Crippen LogP contribution in [0, 0.1) is 0 Å². The lowest BCUT2D eigenvalue weighted by molar-refractivity contribution is -0.207. The van der Waals surface area contributed by atoms with Gasteiger partial charge in [0.25, 0.3) is 5.56 Å². The number of rotatable bonds is 6. The van der Waals surface area contributed by atoms with Crippen molar-refractivity contribution in [3.8, 4) is 11.1 Å². The first-order valence-corrected chi connectivity index (χ1v) is 14.5. The van der Waals surface area contributed by atoms with Crippen molar-refractivity contribution in [2.45, 2.75) is 50.7 Å². The zero-order valence-corrected chi connectivity index (χ0v) is 23.4. The maximum absolute atomic E-state index is 12.9. The Bertz CT molecular complexity index is 1730. The fourth-order valence-corrected chi connectivity index (χ4v) is 7.15. The third kappa shape index (κ3) is 5.41. The van der Waals surface area contributed by atoms with Crippen LogP contribution in [0.25, 0.3) is 21.3 Å². The minimum absolute atomic E-state index is 0.144. The molecule has 8 nitrogen and oxygen atoms in total. The Kier molecular flexibility index (Phi) is 7.43. The quantitative estimate of drug-likeness (QED) is 0.345. The van der Waals surface area contributed by atoms with E-state index in [0.29, 0.717) is 26.0 Å². The molecule has 0 bridgehead atoms. The van der Waals surface area contributed by atoms with E-state index in [-0.39, 0.29) is 6.54 Å². The number of thiophene rings is 1. The van der Waals surface area contributed by atoms with Gasteiger partial charge >= 0.3 is 11.9 Å². The lowest BCUT2D eigenvalue weighted by Crippen LogP contribution is -2.43. The summed E-state index contributed by atoms with van der Waals surface area (Å²) >= 11 is 7.98. The highest BCUT2D eigenvalue weighted by Crippen LogP contribution is 2.44. The Hall–Kier alpha value is -3.19. The number of hydrogen-bond donors (Lipinski definition) is 2. The second kappa shape index (κ2) is 10.9. The molecule has 0 saturated carbocycles. The Morgan fingerprint density at radius 2 is 2.02 bits per heavy atom. The highest BCUT2D eigenvalue weighted by Gasteiger charge is 2.38. The van der Waals surface area contributed by atoms with E-state index >= 15 is 0 Å². The van der Waals surface area contributed by atoms with Gasteiger partial charge in [-0.25, -0.2) is 4.79 Å². The standard InChI is InChI=1S/C28H27ClF3N5O3S/c29-17-10-16-2-1-8-36(18-3-6-33-13-18)25(16)21(11-17)20-4-7-34-22-12-19(41-26(20)22)14-37-24(39)5-9-35(27(37)40)15-23(38)28(30,31)32/h4-5,7,9-12,18,23,33,38H,1-3,6,8,13-15H2. The van der Waals surface area contributed by atoms with Crippen molar-refractivity contribution in [1.82, 2.24) is 19.4 Å². The van der Waals surface area contributed by atoms with Crippen LogP contribution in [0.1, 0.15) is 23.3 Å². The number of anilines is 1. The van der Waals surface area contributed by atoms with Gasteiger partial charge < -0.3 is 15.3 Å². The summed E-state index contributed by atoms with van der Waals surface area (Å²) < 4.78 is 41.1. The van der Waals surface area contributed by atoms with Crippen LogP contribution in [0.5, 0.6) is 0 Å². The summed E-state index contributed by atoms with van der Waals surface area (Å²) in [7, 11) is 0. The number of aliphatic hydroxyl groups is 1. The summed E-state index contributed by atoms with van der Waals surface area (Å²) in [6.07, 6.45) is -1.92. The molecule has 1 fully saturated rings. The monoisotopic (exact) mass is 605 g/mol. The van der Waals surface area contributed by atoms with Crippen LogP contribution in [-0.2, 0) is 19.5 Å². The summed E-state index contributed by atoms with van der Waals surface area (Å²) in [6, 6.07) is 9.14. The van der Waals surface area contributed by atoms with E-state index in [1.807, 2.05) is 18.2 Å². The average molecular weight is 606 g/mol. The predicted octanol–water partition coefficient (Wildman–Crippen LogP) is 4.03. The molecule has 0 amide bonds. The summed E-state index contributed by atoms with van der Waals surface area (Å²) in [5.74, 6) is 0. The molecule has 3 aromatic heterocycles. The molecule has 2 aliphatic heterocycles. The van der Waals surface area contributed by atoms with Gasteiger partial charge in [-0.1, -0.05) is 11.6 Å². The molecule has 4 aromatic rings. The first-order chi connectivity index (χ1) is 19.6. The molecular formula is C28H27ClF3N5O3S. The minimum Gasteiger partial charge on any atom is -0.382 e. The number of halogens is 4. The van der Waals surface area contributed by atoms with Crippen LogP contribution >= 0.6 is 22.9 Å². The maximum Gasteiger partial charge on any atom is 0.416 e. The van der Waals surface area contributed by atoms with Crippen molar-refractivity contribution in [1.29, 1.82) is 0 Å². The topological polar surface area (TPSA) is 92.4 Å². The number of benzene rings is 1. The van der Waals surface area contributed by atoms with E-state index < -0.39 is 30.1 Å². The van der Waals surface area contributed by atoms with Gasteiger partial charge in [0.05, 0.1) is 23.3 Å². The molecule has 13 heteroatoms. The van der Waals surface area contributed by atoms with Gasteiger partial charge in [0.2, 0.25) is 0 Å². The fraction of sp³-hybridized carbons (Fsp3) is 0.393. The van der Waals surface area contributed by atoms with Crippen LogP contribution in [0.3, 0.4) is 0 Å². The van der Waals surface area contributed by atoms with Gasteiger partial charge in [0.15, 0.2) is 6.10 Å². The Morgan fingerprint density at radius 3 is 2.78 bits per heavy atom. The van der Waals surface area contributed by atoms with Crippen LogP contribution in [0.15, 0.2) is 52.3 Å². The molecule has 2 atom stereocenters. The summed E-state index contributed by atoms with van der Waals surface area (Å²) in [5, 5.41) is 13.5. The Balaban J connectivity index is 1.40. The molecule has 1 saturated heterocycles. The fourth-order valence-electron chi connectivity index (χ4n) is 5.78. The molecule has 1 aromatic carbocycles. The highest BCUT2D eigenvalue weighted by atomic mass is 35.5. The third-order valence-corrected chi connectivity index (χ3v) is 9.08. The lowest BCUT2D eigenvalue weighted by Gasteiger charge is -2.38.